The van der Waals surface area contributed by atoms with Gasteiger partial charge in [-0.3, -0.25) is 4.79 Å². The van der Waals surface area contributed by atoms with E-state index in [-0.39, 0.29) is 11.5 Å². The van der Waals surface area contributed by atoms with Gasteiger partial charge in [0.15, 0.2) is 0 Å². The first-order valence-corrected chi connectivity index (χ1v) is 3.84. The lowest BCUT2D eigenvalue weighted by molar-refractivity contribution is -0.141. The van der Waals surface area contributed by atoms with Crippen molar-refractivity contribution in [2.75, 3.05) is 0 Å². The van der Waals surface area contributed by atoms with Gasteiger partial charge in [-0.15, -0.1) is 0 Å². The average molecular weight is 159 g/mol. The molecule has 0 heterocycles. The van der Waals surface area contributed by atoms with E-state index in [2.05, 4.69) is 0 Å². The van der Waals surface area contributed by atoms with Crippen LogP contribution in [0, 0.1) is 5.92 Å². The SMILES string of the molecule is CC(CCC(C)(C)N)C(=O)O. The summed E-state index contributed by atoms with van der Waals surface area (Å²) in [7, 11) is 0. The van der Waals surface area contributed by atoms with Gasteiger partial charge in [0.2, 0.25) is 0 Å². The van der Waals surface area contributed by atoms with Gasteiger partial charge in [-0.2, -0.15) is 0 Å². The lowest BCUT2D eigenvalue weighted by Gasteiger charge is -2.19. The van der Waals surface area contributed by atoms with Crippen molar-refractivity contribution in [3.8, 4) is 0 Å². The first-order chi connectivity index (χ1) is 4.83. The Morgan fingerprint density at radius 1 is 1.64 bits per heavy atom. The molecule has 0 aromatic heterocycles. The van der Waals surface area contributed by atoms with E-state index in [1.54, 1.807) is 6.92 Å². The van der Waals surface area contributed by atoms with E-state index in [1.165, 1.54) is 0 Å². The molecular weight excluding hydrogens is 142 g/mol. The average Bonchev–Trinajstić information content (AvgIpc) is 1.80. The first-order valence-electron chi connectivity index (χ1n) is 3.84. The minimum Gasteiger partial charge on any atom is -0.481 e. The molecular formula is C8H17NO2. The molecule has 0 saturated carbocycles. The van der Waals surface area contributed by atoms with Gasteiger partial charge in [-0.25, -0.2) is 0 Å². The van der Waals surface area contributed by atoms with E-state index in [9.17, 15) is 4.79 Å². The van der Waals surface area contributed by atoms with Gasteiger partial charge < -0.3 is 10.8 Å². The van der Waals surface area contributed by atoms with Crippen LogP contribution in [0.1, 0.15) is 33.6 Å². The molecule has 0 fully saturated rings. The Balaban J connectivity index is 3.63. The van der Waals surface area contributed by atoms with Crippen molar-refractivity contribution in [1.29, 1.82) is 0 Å². The zero-order valence-corrected chi connectivity index (χ0v) is 7.42. The van der Waals surface area contributed by atoms with E-state index in [4.69, 9.17) is 10.8 Å². The molecule has 0 aliphatic heterocycles. The predicted molar refractivity (Wildman–Crippen MR) is 44.3 cm³/mol. The number of rotatable bonds is 4. The molecule has 1 atom stereocenters. The summed E-state index contributed by atoms with van der Waals surface area (Å²) in [5.74, 6) is -1.02. The van der Waals surface area contributed by atoms with Crippen molar-refractivity contribution in [2.24, 2.45) is 11.7 Å². The molecule has 0 aromatic rings. The number of aliphatic carboxylic acids is 1. The number of carbonyl (C=O) groups is 1. The second kappa shape index (κ2) is 3.72. The van der Waals surface area contributed by atoms with Crippen molar-refractivity contribution in [1.82, 2.24) is 0 Å². The van der Waals surface area contributed by atoms with Gasteiger partial charge >= 0.3 is 5.97 Å². The summed E-state index contributed by atoms with van der Waals surface area (Å²) in [6.45, 7) is 5.51. The van der Waals surface area contributed by atoms with E-state index in [0.717, 1.165) is 6.42 Å². The first kappa shape index (κ1) is 10.4. The Morgan fingerprint density at radius 3 is 2.36 bits per heavy atom. The zero-order chi connectivity index (χ0) is 9.07. The second-order valence-electron chi connectivity index (χ2n) is 3.77. The molecule has 66 valence electrons. The minimum absolute atomic E-state index is 0.246. The van der Waals surface area contributed by atoms with Crippen molar-refractivity contribution in [3.05, 3.63) is 0 Å². The highest BCUT2D eigenvalue weighted by atomic mass is 16.4. The second-order valence-corrected chi connectivity index (χ2v) is 3.77. The van der Waals surface area contributed by atoms with Crippen molar-refractivity contribution in [2.45, 2.75) is 39.2 Å². The third-order valence-electron chi connectivity index (χ3n) is 1.64. The van der Waals surface area contributed by atoms with Gasteiger partial charge in [-0.05, 0) is 26.7 Å². The van der Waals surface area contributed by atoms with Crippen LogP contribution in [0.3, 0.4) is 0 Å². The monoisotopic (exact) mass is 159 g/mol. The highest BCUT2D eigenvalue weighted by molar-refractivity contribution is 5.69. The third-order valence-corrected chi connectivity index (χ3v) is 1.64. The molecule has 0 bridgehead atoms. The van der Waals surface area contributed by atoms with E-state index >= 15 is 0 Å². The molecule has 0 spiro atoms. The number of nitrogens with two attached hydrogens (primary N) is 1. The van der Waals surface area contributed by atoms with Crippen LogP contribution in [-0.2, 0) is 4.79 Å². The summed E-state index contributed by atoms with van der Waals surface area (Å²) >= 11 is 0. The molecule has 0 radical (unpaired) electrons. The van der Waals surface area contributed by atoms with Crippen LogP contribution in [0.5, 0.6) is 0 Å². The lowest BCUT2D eigenvalue weighted by atomic mass is 9.94. The van der Waals surface area contributed by atoms with Crippen LogP contribution in [-0.4, -0.2) is 16.6 Å². The quantitative estimate of drug-likeness (QED) is 0.648. The Hall–Kier alpha value is -0.570. The molecule has 0 aromatic carbocycles. The number of hydrogen-bond donors (Lipinski definition) is 2. The summed E-state index contributed by atoms with van der Waals surface area (Å²) in [4.78, 5) is 10.4. The van der Waals surface area contributed by atoms with Gasteiger partial charge in [-0.1, -0.05) is 6.92 Å². The Kier molecular flexibility index (Phi) is 3.52. The Bertz CT molecular complexity index is 138. The largest absolute Gasteiger partial charge is 0.481 e. The molecule has 0 aliphatic rings. The van der Waals surface area contributed by atoms with Crippen LogP contribution in [0.25, 0.3) is 0 Å². The topological polar surface area (TPSA) is 63.3 Å². The predicted octanol–water partition coefficient (Wildman–Crippen LogP) is 1.22. The van der Waals surface area contributed by atoms with Crippen molar-refractivity contribution >= 4 is 5.97 Å². The third kappa shape index (κ3) is 5.85. The van der Waals surface area contributed by atoms with Crippen LogP contribution in [0.2, 0.25) is 0 Å². The maximum absolute atomic E-state index is 10.4. The van der Waals surface area contributed by atoms with E-state index < -0.39 is 5.97 Å². The molecule has 0 rings (SSSR count). The fourth-order valence-electron chi connectivity index (χ4n) is 0.712. The standard InChI is InChI=1S/C8H17NO2/c1-6(7(10)11)4-5-8(2,3)9/h6H,4-5,9H2,1-3H3,(H,10,11). The fourth-order valence-corrected chi connectivity index (χ4v) is 0.712. The maximum atomic E-state index is 10.4. The van der Waals surface area contributed by atoms with Crippen LogP contribution in [0.4, 0.5) is 0 Å². The summed E-state index contributed by atoms with van der Waals surface area (Å²) in [6.07, 6.45) is 1.40. The Labute approximate surface area is 67.6 Å². The molecule has 3 nitrogen and oxygen atoms in total. The van der Waals surface area contributed by atoms with Gasteiger partial charge in [0, 0.05) is 5.54 Å². The lowest BCUT2D eigenvalue weighted by Crippen LogP contribution is -2.32. The molecule has 0 amide bonds. The molecule has 0 saturated heterocycles. The number of hydrogen-bond acceptors (Lipinski definition) is 2. The summed E-state index contributed by atoms with van der Waals surface area (Å²) in [5, 5.41) is 8.54. The number of carboxylic acids is 1. The van der Waals surface area contributed by atoms with Crippen molar-refractivity contribution in [3.63, 3.8) is 0 Å². The van der Waals surface area contributed by atoms with E-state index in [0.29, 0.717) is 6.42 Å². The maximum Gasteiger partial charge on any atom is 0.306 e. The summed E-state index contributed by atoms with van der Waals surface area (Å²) in [5.41, 5.74) is 5.44. The van der Waals surface area contributed by atoms with Crippen LogP contribution >= 0.6 is 0 Å². The summed E-state index contributed by atoms with van der Waals surface area (Å²) in [6, 6.07) is 0. The van der Waals surface area contributed by atoms with Gasteiger partial charge in [0.1, 0.15) is 0 Å². The summed E-state index contributed by atoms with van der Waals surface area (Å²) < 4.78 is 0. The smallest absolute Gasteiger partial charge is 0.306 e. The van der Waals surface area contributed by atoms with Gasteiger partial charge in [0.05, 0.1) is 5.92 Å². The molecule has 1 unspecified atom stereocenters. The number of carboxylic acid groups (broad SMARTS) is 1. The highest BCUT2D eigenvalue weighted by Crippen LogP contribution is 2.13. The van der Waals surface area contributed by atoms with Crippen molar-refractivity contribution < 1.29 is 9.90 Å². The van der Waals surface area contributed by atoms with Gasteiger partial charge in [0.25, 0.3) is 0 Å². The van der Waals surface area contributed by atoms with Crippen LogP contribution in [0.15, 0.2) is 0 Å². The highest BCUT2D eigenvalue weighted by Gasteiger charge is 2.16. The molecule has 3 N–H and O–H groups in total. The van der Waals surface area contributed by atoms with Crippen LogP contribution < -0.4 is 5.73 Å². The molecule has 3 heteroatoms. The Morgan fingerprint density at radius 2 is 2.09 bits per heavy atom. The zero-order valence-electron chi connectivity index (χ0n) is 7.42. The van der Waals surface area contributed by atoms with E-state index in [1.807, 2.05) is 13.8 Å². The minimum atomic E-state index is -0.741. The molecule has 0 aliphatic carbocycles. The fraction of sp³-hybridized carbons (Fsp3) is 0.875. The normalized spacial score (nSPS) is 14.5. The molecule has 11 heavy (non-hydrogen) atoms.